The highest BCUT2D eigenvalue weighted by molar-refractivity contribution is 4.68. The second kappa shape index (κ2) is 3.75. The Morgan fingerprint density at radius 3 is 1.75 bits per heavy atom. The largest absolute Gasteiger partial charge is 0.358 e. The van der Waals surface area contributed by atoms with E-state index < -0.39 is 0 Å². The van der Waals surface area contributed by atoms with Crippen molar-refractivity contribution >= 4 is 0 Å². The molecule has 0 amide bonds. The minimum Gasteiger partial charge on any atom is -0.358 e. The van der Waals surface area contributed by atoms with Gasteiger partial charge in [0.15, 0.2) is 0 Å². The van der Waals surface area contributed by atoms with Gasteiger partial charge in [0, 0.05) is 0 Å². The standard InChI is InChI=1S/C10H23NO/c1-9(2,3)7-8(11)12-10(4,5)6/h8H,7,11H2,1-6H3. The lowest BCUT2D eigenvalue weighted by Crippen LogP contribution is -2.36. The van der Waals surface area contributed by atoms with Crippen LogP contribution in [0.5, 0.6) is 0 Å². The Morgan fingerprint density at radius 1 is 1.08 bits per heavy atom. The van der Waals surface area contributed by atoms with E-state index in [1.165, 1.54) is 0 Å². The molecule has 0 heterocycles. The summed E-state index contributed by atoms with van der Waals surface area (Å²) in [6.45, 7) is 12.6. The van der Waals surface area contributed by atoms with Crippen molar-refractivity contribution in [1.29, 1.82) is 0 Å². The van der Waals surface area contributed by atoms with Gasteiger partial charge in [0.2, 0.25) is 0 Å². The van der Waals surface area contributed by atoms with Crippen LogP contribution in [0.1, 0.15) is 48.0 Å². The average Bonchev–Trinajstić information content (AvgIpc) is 1.49. The Balaban J connectivity index is 3.83. The summed E-state index contributed by atoms with van der Waals surface area (Å²) < 4.78 is 5.59. The van der Waals surface area contributed by atoms with Gasteiger partial charge in [0.25, 0.3) is 0 Å². The topological polar surface area (TPSA) is 35.2 Å². The van der Waals surface area contributed by atoms with Gasteiger partial charge in [-0.25, -0.2) is 0 Å². The molecule has 1 unspecified atom stereocenters. The number of rotatable bonds is 2. The van der Waals surface area contributed by atoms with Crippen LogP contribution in [0.2, 0.25) is 0 Å². The third kappa shape index (κ3) is 8.02. The molecule has 74 valence electrons. The van der Waals surface area contributed by atoms with E-state index in [2.05, 4.69) is 20.8 Å². The van der Waals surface area contributed by atoms with Gasteiger partial charge in [0.1, 0.15) is 6.23 Å². The van der Waals surface area contributed by atoms with Crippen LogP contribution in [-0.2, 0) is 4.74 Å². The zero-order valence-electron chi connectivity index (χ0n) is 9.27. The summed E-state index contributed by atoms with van der Waals surface area (Å²) in [5.41, 5.74) is 5.93. The molecule has 0 saturated carbocycles. The lowest BCUT2D eigenvalue weighted by atomic mass is 9.91. The first kappa shape index (κ1) is 11.9. The molecule has 2 heteroatoms. The van der Waals surface area contributed by atoms with Gasteiger partial charge < -0.3 is 10.5 Å². The van der Waals surface area contributed by atoms with Gasteiger partial charge in [-0.1, -0.05) is 20.8 Å². The molecule has 0 aliphatic heterocycles. The smallest absolute Gasteiger partial charge is 0.106 e. The number of nitrogens with two attached hydrogens (primary N) is 1. The minimum atomic E-state index is -0.148. The molecule has 0 aliphatic rings. The van der Waals surface area contributed by atoms with Crippen molar-refractivity contribution in [3.8, 4) is 0 Å². The Labute approximate surface area is 76.5 Å². The van der Waals surface area contributed by atoms with Crippen molar-refractivity contribution < 1.29 is 4.74 Å². The molecule has 0 bridgehead atoms. The van der Waals surface area contributed by atoms with E-state index in [1.807, 2.05) is 20.8 Å². The molecular weight excluding hydrogens is 150 g/mol. The van der Waals surface area contributed by atoms with Crippen LogP contribution >= 0.6 is 0 Å². The highest BCUT2D eigenvalue weighted by atomic mass is 16.5. The second-order valence-corrected chi connectivity index (χ2v) is 5.53. The van der Waals surface area contributed by atoms with E-state index in [0.717, 1.165) is 6.42 Å². The molecule has 1 atom stereocenters. The monoisotopic (exact) mass is 173 g/mol. The van der Waals surface area contributed by atoms with E-state index in [4.69, 9.17) is 10.5 Å². The zero-order valence-corrected chi connectivity index (χ0v) is 9.27. The van der Waals surface area contributed by atoms with Crippen LogP contribution in [0.3, 0.4) is 0 Å². The van der Waals surface area contributed by atoms with Gasteiger partial charge >= 0.3 is 0 Å². The Kier molecular flexibility index (Phi) is 3.73. The van der Waals surface area contributed by atoms with Crippen molar-refractivity contribution in [3.63, 3.8) is 0 Å². The quantitative estimate of drug-likeness (QED) is 0.651. The fourth-order valence-electron chi connectivity index (χ4n) is 1.10. The van der Waals surface area contributed by atoms with Crippen LogP contribution in [0, 0.1) is 5.41 Å². The molecule has 0 fully saturated rings. The predicted molar refractivity (Wildman–Crippen MR) is 52.9 cm³/mol. The lowest BCUT2D eigenvalue weighted by Gasteiger charge is -2.29. The molecule has 2 N–H and O–H groups in total. The van der Waals surface area contributed by atoms with Crippen LogP contribution in [-0.4, -0.2) is 11.8 Å². The van der Waals surface area contributed by atoms with Crippen molar-refractivity contribution in [1.82, 2.24) is 0 Å². The van der Waals surface area contributed by atoms with Crippen molar-refractivity contribution in [2.24, 2.45) is 11.1 Å². The van der Waals surface area contributed by atoms with E-state index in [0.29, 0.717) is 0 Å². The van der Waals surface area contributed by atoms with Crippen molar-refractivity contribution in [2.45, 2.75) is 59.8 Å². The molecule has 0 aromatic carbocycles. The zero-order chi connectivity index (χ0) is 9.99. The molecule has 0 aromatic heterocycles. The molecule has 12 heavy (non-hydrogen) atoms. The number of ether oxygens (including phenoxy) is 1. The molecule has 0 rings (SSSR count). The van der Waals surface area contributed by atoms with Gasteiger partial charge in [-0.05, 0) is 32.6 Å². The fourth-order valence-corrected chi connectivity index (χ4v) is 1.10. The van der Waals surface area contributed by atoms with Gasteiger partial charge in [-0.2, -0.15) is 0 Å². The number of hydrogen-bond acceptors (Lipinski definition) is 2. The first-order valence-electron chi connectivity index (χ1n) is 4.53. The Hall–Kier alpha value is -0.0800. The highest BCUT2D eigenvalue weighted by Gasteiger charge is 2.20. The summed E-state index contributed by atoms with van der Waals surface area (Å²) in [6, 6.07) is 0. The fraction of sp³-hybridized carbons (Fsp3) is 1.00. The van der Waals surface area contributed by atoms with Gasteiger partial charge in [-0.15, -0.1) is 0 Å². The van der Waals surface area contributed by atoms with Crippen molar-refractivity contribution in [2.75, 3.05) is 0 Å². The SMILES string of the molecule is CC(C)(C)CC(N)OC(C)(C)C. The maximum Gasteiger partial charge on any atom is 0.106 e. The third-order valence-corrected chi connectivity index (χ3v) is 1.32. The van der Waals surface area contributed by atoms with E-state index >= 15 is 0 Å². The molecular formula is C10H23NO. The first-order valence-corrected chi connectivity index (χ1v) is 4.53. The average molecular weight is 173 g/mol. The van der Waals surface area contributed by atoms with Crippen molar-refractivity contribution in [3.05, 3.63) is 0 Å². The maximum absolute atomic E-state index is 5.82. The second-order valence-electron chi connectivity index (χ2n) is 5.53. The van der Waals surface area contributed by atoms with E-state index in [-0.39, 0.29) is 17.2 Å². The lowest BCUT2D eigenvalue weighted by molar-refractivity contribution is -0.0708. The van der Waals surface area contributed by atoms with E-state index in [1.54, 1.807) is 0 Å². The molecule has 0 saturated heterocycles. The van der Waals surface area contributed by atoms with Gasteiger partial charge in [-0.3, -0.25) is 0 Å². The summed E-state index contributed by atoms with van der Waals surface area (Å²) in [5, 5.41) is 0. The normalized spacial score (nSPS) is 16.2. The summed E-state index contributed by atoms with van der Waals surface area (Å²) >= 11 is 0. The third-order valence-electron chi connectivity index (χ3n) is 1.32. The minimum absolute atomic E-state index is 0.134. The molecule has 2 nitrogen and oxygen atoms in total. The van der Waals surface area contributed by atoms with Crippen LogP contribution in [0.15, 0.2) is 0 Å². The van der Waals surface area contributed by atoms with Crippen LogP contribution in [0.25, 0.3) is 0 Å². The number of hydrogen-bond donors (Lipinski definition) is 1. The summed E-state index contributed by atoms with van der Waals surface area (Å²) in [5.74, 6) is 0. The summed E-state index contributed by atoms with van der Waals surface area (Å²) in [6.07, 6.45) is 0.745. The Morgan fingerprint density at radius 2 is 1.50 bits per heavy atom. The highest BCUT2D eigenvalue weighted by Crippen LogP contribution is 2.22. The predicted octanol–water partition coefficient (Wildman–Crippen LogP) is 2.52. The summed E-state index contributed by atoms with van der Waals surface area (Å²) in [7, 11) is 0. The first-order chi connectivity index (χ1) is 5.10. The van der Waals surface area contributed by atoms with Crippen LogP contribution < -0.4 is 5.73 Å². The molecule has 0 aromatic rings. The molecule has 0 aliphatic carbocycles. The Bertz CT molecular complexity index is 114. The van der Waals surface area contributed by atoms with Gasteiger partial charge in [0.05, 0.1) is 5.60 Å². The molecule has 0 spiro atoms. The van der Waals surface area contributed by atoms with Crippen LogP contribution in [0.4, 0.5) is 0 Å². The summed E-state index contributed by atoms with van der Waals surface area (Å²) in [4.78, 5) is 0. The molecule has 0 radical (unpaired) electrons. The maximum atomic E-state index is 5.82. The van der Waals surface area contributed by atoms with E-state index in [9.17, 15) is 0 Å².